The second kappa shape index (κ2) is 5.91. The van der Waals surface area contributed by atoms with Crippen molar-refractivity contribution in [2.45, 2.75) is 18.4 Å². The molecular weight excluding hydrogens is 283 g/mol. The van der Waals surface area contributed by atoms with Crippen molar-refractivity contribution in [3.8, 4) is 0 Å². The van der Waals surface area contributed by atoms with Gasteiger partial charge in [0.05, 0.1) is 0 Å². The molecule has 1 aromatic carbocycles. The first kappa shape index (κ1) is 14.3. The van der Waals surface area contributed by atoms with Crippen LogP contribution in [0.4, 0.5) is 15.9 Å². The Kier molecular flexibility index (Phi) is 4.23. The number of nitrogens with zero attached hydrogens (tertiary/aromatic N) is 3. The third-order valence-corrected chi connectivity index (χ3v) is 3.82. The molecule has 0 atom stereocenters. The first-order valence-electron chi connectivity index (χ1n) is 5.83. The number of anilines is 1. The first-order valence-corrected chi connectivity index (χ1v) is 6.82. The highest BCUT2D eigenvalue weighted by molar-refractivity contribution is 7.99. The van der Waals surface area contributed by atoms with E-state index >= 15 is 0 Å². The molecule has 0 aliphatic heterocycles. The fourth-order valence-corrected chi connectivity index (χ4v) is 2.68. The monoisotopic (exact) mass is 296 g/mol. The number of benzene rings is 1. The number of nitrogens with two attached hydrogens (primary N) is 1. The highest BCUT2D eigenvalue weighted by atomic mass is 32.2. The number of hydrogen-bond acceptors (Lipinski definition) is 5. The third-order valence-electron chi connectivity index (χ3n) is 2.77. The average Bonchev–Trinajstić information content (AvgIpc) is 2.75. The Hall–Kier alpha value is -2.09. The maximum atomic E-state index is 13.1. The quantitative estimate of drug-likeness (QED) is 0.396. The van der Waals surface area contributed by atoms with Crippen LogP contribution in [0.5, 0.6) is 0 Å². The first-order chi connectivity index (χ1) is 9.49. The fraction of sp³-hybridized carbons (Fsp3) is 0.250. The predicted octanol–water partition coefficient (Wildman–Crippen LogP) is 2.61. The lowest BCUT2D eigenvalue weighted by atomic mass is 10.3. The maximum Gasteiger partial charge on any atom is 0.342 e. The van der Waals surface area contributed by atoms with Crippen LogP contribution in [0.25, 0.3) is 0 Å². The van der Waals surface area contributed by atoms with Crippen LogP contribution in [0.15, 0.2) is 29.3 Å². The molecule has 0 amide bonds. The van der Waals surface area contributed by atoms with Gasteiger partial charge < -0.3 is 15.8 Å². The van der Waals surface area contributed by atoms with Gasteiger partial charge in [-0.15, -0.1) is 11.8 Å². The molecule has 0 bridgehead atoms. The Bertz CT molecular complexity index is 644. The molecule has 2 aromatic rings. The fourth-order valence-electron chi connectivity index (χ4n) is 1.76. The van der Waals surface area contributed by atoms with Gasteiger partial charge in [0, 0.05) is 23.3 Å². The molecule has 1 heterocycles. The van der Waals surface area contributed by atoms with E-state index in [1.807, 2.05) is 0 Å². The minimum Gasteiger partial charge on any atom is -0.398 e. The number of thioether (sulfide) groups is 1. The van der Waals surface area contributed by atoms with E-state index in [9.17, 15) is 14.5 Å². The number of aromatic nitrogens is 2. The molecule has 20 heavy (non-hydrogen) atoms. The number of hydrogen-bond donors (Lipinski definition) is 1. The van der Waals surface area contributed by atoms with Crippen LogP contribution in [-0.4, -0.2) is 20.2 Å². The Morgan fingerprint density at radius 1 is 1.55 bits per heavy atom. The van der Waals surface area contributed by atoms with Crippen molar-refractivity contribution in [2.75, 3.05) is 11.5 Å². The molecule has 0 saturated carbocycles. The van der Waals surface area contributed by atoms with E-state index < -0.39 is 4.92 Å². The summed E-state index contributed by atoms with van der Waals surface area (Å²) in [7, 11) is 0. The smallest absolute Gasteiger partial charge is 0.342 e. The molecule has 6 nitrogen and oxygen atoms in total. The highest BCUT2D eigenvalue weighted by Gasteiger charge is 2.16. The highest BCUT2D eigenvalue weighted by Crippen LogP contribution is 2.26. The molecule has 106 valence electrons. The summed E-state index contributed by atoms with van der Waals surface area (Å²) in [6.07, 6.45) is 1.23. The van der Waals surface area contributed by atoms with Crippen molar-refractivity contribution in [2.24, 2.45) is 0 Å². The van der Waals surface area contributed by atoms with E-state index in [1.54, 1.807) is 6.92 Å². The Balaban J connectivity index is 2.05. The summed E-state index contributed by atoms with van der Waals surface area (Å²) in [6, 6.07) is 4.15. The lowest BCUT2D eigenvalue weighted by molar-refractivity contribution is -0.392. The van der Waals surface area contributed by atoms with Gasteiger partial charge in [0.25, 0.3) is 0 Å². The summed E-state index contributed by atoms with van der Waals surface area (Å²) in [5.41, 5.74) is 6.24. The second-order valence-electron chi connectivity index (χ2n) is 4.10. The molecule has 8 heteroatoms. The van der Waals surface area contributed by atoms with Gasteiger partial charge in [-0.1, -0.05) is 0 Å². The van der Waals surface area contributed by atoms with Gasteiger partial charge in [0.15, 0.2) is 5.82 Å². The molecule has 1 aromatic heterocycles. The lowest BCUT2D eigenvalue weighted by Gasteiger charge is -2.06. The largest absolute Gasteiger partial charge is 0.398 e. The van der Waals surface area contributed by atoms with Gasteiger partial charge in [-0.05, 0) is 23.1 Å². The Morgan fingerprint density at radius 3 is 3.00 bits per heavy atom. The minimum atomic E-state index is -0.471. The van der Waals surface area contributed by atoms with Gasteiger partial charge in [-0.2, -0.15) is 0 Å². The summed E-state index contributed by atoms with van der Waals surface area (Å²) >= 11 is 1.35. The van der Waals surface area contributed by atoms with E-state index in [4.69, 9.17) is 5.73 Å². The topological polar surface area (TPSA) is 87.0 Å². The molecule has 0 fully saturated rings. The summed E-state index contributed by atoms with van der Waals surface area (Å²) in [4.78, 5) is 14.9. The van der Waals surface area contributed by atoms with E-state index in [-0.39, 0.29) is 11.6 Å². The van der Waals surface area contributed by atoms with Crippen LogP contribution in [0, 0.1) is 22.9 Å². The van der Waals surface area contributed by atoms with E-state index in [2.05, 4.69) is 4.98 Å². The zero-order valence-corrected chi connectivity index (χ0v) is 11.6. The van der Waals surface area contributed by atoms with E-state index in [0.717, 1.165) is 0 Å². The van der Waals surface area contributed by atoms with Gasteiger partial charge in [-0.25, -0.2) is 13.9 Å². The molecule has 0 aliphatic rings. The zero-order valence-electron chi connectivity index (χ0n) is 10.7. The molecule has 2 N–H and O–H groups in total. The van der Waals surface area contributed by atoms with E-state index in [0.29, 0.717) is 28.7 Å². The SMILES string of the molecule is Cc1ncc([N+](=O)[O-])n1CCSc1cc(F)ccc1N. The molecular formula is C12H13FN4O2S. The number of halogens is 1. The van der Waals surface area contributed by atoms with Crippen molar-refractivity contribution >= 4 is 23.3 Å². The Morgan fingerprint density at radius 2 is 2.30 bits per heavy atom. The number of rotatable bonds is 5. The van der Waals surface area contributed by atoms with Crippen LogP contribution >= 0.6 is 11.8 Å². The molecule has 0 spiro atoms. The maximum absolute atomic E-state index is 13.1. The molecule has 2 rings (SSSR count). The van der Waals surface area contributed by atoms with Gasteiger partial charge in [-0.3, -0.25) is 0 Å². The van der Waals surface area contributed by atoms with Crippen LogP contribution in [0.2, 0.25) is 0 Å². The number of aryl methyl sites for hydroxylation is 1. The van der Waals surface area contributed by atoms with Crippen molar-refractivity contribution in [1.29, 1.82) is 0 Å². The summed E-state index contributed by atoms with van der Waals surface area (Å²) in [5, 5.41) is 10.8. The second-order valence-corrected chi connectivity index (χ2v) is 5.24. The summed E-state index contributed by atoms with van der Waals surface area (Å²) in [5.74, 6) is 0.706. The van der Waals surface area contributed by atoms with Crippen molar-refractivity contribution in [3.05, 3.63) is 46.2 Å². The third kappa shape index (κ3) is 3.08. The van der Waals surface area contributed by atoms with Crippen LogP contribution < -0.4 is 5.73 Å². The van der Waals surface area contributed by atoms with Crippen molar-refractivity contribution < 1.29 is 9.31 Å². The molecule has 0 unspecified atom stereocenters. The summed E-state index contributed by atoms with van der Waals surface area (Å²) in [6.45, 7) is 2.11. The van der Waals surface area contributed by atoms with E-state index in [1.165, 1.54) is 40.7 Å². The van der Waals surface area contributed by atoms with Gasteiger partial charge >= 0.3 is 5.82 Å². The molecule has 0 aliphatic carbocycles. The van der Waals surface area contributed by atoms with Crippen LogP contribution in [0.3, 0.4) is 0 Å². The average molecular weight is 296 g/mol. The number of nitro groups is 1. The molecule has 0 radical (unpaired) electrons. The van der Waals surface area contributed by atoms with Crippen molar-refractivity contribution in [1.82, 2.24) is 9.55 Å². The van der Waals surface area contributed by atoms with Crippen molar-refractivity contribution in [3.63, 3.8) is 0 Å². The summed E-state index contributed by atoms with van der Waals surface area (Å²) < 4.78 is 14.6. The lowest BCUT2D eigenvalue weighted by Crippen LogP contribution is -2.07. The predicted molar refractivity (Wildman–Crippen MR) is 75.2 cm³/mol. The number of nitrogen functional groups attached to an aromatic ring is 1. The molecule has 0 saturated heterocycles. The standard InChI is InChI=1S/C12H13FN4O2S/c1-8-15-7-12(17(18)19)16(8)4-5-20-11-6-9(13)2-3-10(11)14/h2-3,6-7H,4-5,14H2,1H3. The van der Waals surface area contributed by atoms with Crippen LogP contribution in [-0.2, 0) is 6.54 Å². The number of imidazole rings is 1. The normalized spacial score (nSPS) is 10.7. The zero-order chi connectivity index (χ0) is 14.7. The minimum absolute atomic E-state index is 0.0460. The van der Waals surface area contributed by atoms with Gasteiger partial charge in [0.2, 0.25) is 0 Å². The van der Waals surface area contributed by atoms with Gasteiger partial charge in [0.1, 0.15) is 18.6 Å². The Labute approximate surface area is 119 Å². The van der Waals surface area contributed by atoms with Crippen LogP contribution in [0.1, 0.15) is 5.82 Å².